The fraction of sp³-hybridized carbons (Fsp3) is 0.364. The van der Waals surface area contributed by atoms with Gasteiger partial charge < -0.3 is 10.2 Å². The van der Waals surface area contributed by atoms with Crippen molar-refractivity contribution in [1.29, 1.82) is 0 Å². The minimum Gasteiger partial charge on any atom is -0.354 e. The van der Waals surface area contributed by atoms with Gasteiger partial charge in [0.25, 0.3) is 0 Å². The number of carbonyl (C=O) groups is 2. The molecule has 0 saturated carbocycles. The largest absolute Gasteiger partial charge is 0.354 e. The fourth-order valence-corrected chi connectivity index (χ4v) is 4.48. The number of benzene rings is 2. The molecule has 0 aromatic heterocycles. The van der Waals surface area contributed by atoms with Crippen molar-refractivity contribution < 1.29 is 18.0 Å². The van der Waals surface area contributed by atoms with Gasteiger partial charge in [0.2, 0.25) is 21.8 Å². The molecule has 0 spiro atoms. The molecule has 1 unspecified atom stereocenters. The van der Waals surface area contributed by atoms with Crippen molar-refractivity contribution in [1.82, 2.24) is 10.2 Å². The van der Waals surface area contributed by atoms with Gasteiger partial charge in [-0.1, -0.05) is 47.8 Å². The van der Waals surface area contributed by atoms with Gasteiger partial charge >= 0.3 is 0 Å². The minimum absolute atomic E-state index is 0.00618. The predicted molar refractivity (Wildman–Crippen MR) is 133 cm³/mol. The second-order valence-electron chi connectivity index (χ2n) is 7.47. The van der Waals surface area contributed by atoms with E-state index in [-0.39, 0.29) is 18.1 Å². The molecule has 0 bridgehead atoms. The van der Waals surface area contributed by atoms with Gasteiger partial charge in [-0.15, -0.1) is 0 Å². The Hall–Kier alpha value is -2.00. The summed E-state index contributed by atoms with van der Waals surface area (Å²) in [6, 6.07) is 10.0. The maximum atomic E-state index is 13.4. The van der Waals surface area contributed by atoms with E-state index in [2.05, 4.69) is 5.32 Å². The third kappa shape index (κ3) is 7.78. The van der Waals surface area contributed by atoms with Crippen LogP contribution in [0.2, 0.25) is 15.1 Å². The summed E-state index contributed by atoms with van der Waals surface area (Å²) in [7, 11) is -3.81. The molecule has 2 aromatic carbocycles. The van der Waals surface area contributed by atoms with Crippen molar-refractivity contribution in [3.63, 3.8) is 0 Å². The first kappa shape index (κ1) is 27.2. The van der Waals surface area contributed by atoms with Gasteiger partial charge in [0.05, 0.1) is 11.9 Å². The molecule has 1 N–H and O–H groups in total. The maximum absolute atomic E-state index is 13.4. The Kier molecular flexibility index (Phi) is 9.84. The molecule has 7 nitrogen and oxygen atoms in total. The van der Waals surface area contributed by atoms with Crippen LogP contribution in [0, 0.1) is 0 Å². The molecule has 2 amide bonds. The van der Waals surface area contributed by atoms with Crippen LogP contribution in [0.25, 0.3) is 0 Å². The molecule has 2 aromatic rings. The van der Waals surface area contributed by atoms with Crippen molar-refractivity contribution in [2.45, 2.75) is 32.9 Å². The summed E-state index contributed by atoms with van der Waals surface area (Å²) in [5, 5.41) is 3.96. The van der Waals surface area contributed by atoms with Gasteiger partial charge in [0, 0.05) is 28.2 Å². The number of carbonyl (C=O) groups excluding carboxylic acids is 2. The van der Waals surface area contributed by atoms with Crippen LogP contribution >= 0.6 is 34.8 Å². The molecule has 0 fully saturated rings. The van der Waals surface area contributed by atoms with Crippen LogP contribution in [-0.2, 0) is 26.2 Å². The highest BCUT2D eigenvalue weighted by Gasteiger charge is 2.30. The molecule has 180 valence electrons. The van der Waals surface area contributed by atoms with Gasteiger partial charge in [-0.3, -0.25) is 13.9 Å². The summed E-state index contributed by atoms with van der Waals surface area (Å²) >= 11 is 18.2. The Balaban J connectivity index is 2.39. The molecule has 0 aliphatic heterocycles. The smallest absolute Gasteiger partial charge is 0.244 e. The first-order valence-corrected chi connectivity index (χ1v) is 13.2. The average molecular weight is 535 g/mol. The van der Waals surface area contributed by atoms with Crippen LogP contribution in [0.4, 0.5) is 5.69 Å². The van der Waals surface area contributed by atoms with Crippen LogP contribution in [0.15, 0.2) is 42.5 Å². The van der Waals surface area contributed by atoms with Crippen molar-refractivity contribution in [2.24, 2.45) is 0 Å². The third-order valence-electron chi connectivity index (χ3n) is 4.87. The number of rotatable bonds is 10. The molecule has 2 rings (SSSR count). The van der Waals surface area contributed by atoms with Crippen LogP contribution in [0.5, 0.6) is 0 Å². The van der Waals surface area contributed by atoms with Gasteiger partial charge in [-0.25, -0.2) is 8.42 Å². The van der Waals surface area contributed by atoms with E-state index in [1.165, 1.54) is 29.2 Å². The van der Waals surface area contributed by atoms with E-state index in [0.29, 0.717) is 27.2 Å². The first-order chi connectivity index (χ1) is 15.4. The highest BCUT2D eigenvalue weighted by Crippen LogP contribution is 2.25. The zero-order valence-electron chi connectivity index (χ0n) is 18.5. The standard InChI is InChI=1S/C22H26Cl3N3O4S/c1-4-11-26-22(30)15(2)27(13-16-5-6-18(24)12-20(16)25)21(29)14-28(33(3,31)32)19-9-7-17(23)8-10-19/h5-10,12,15H,4,11,13-14H2,1-3H3,(H,26,30). The van der Waals surface area contributed by atoms with E-state index in [1.54, 1.807) is 25.1 Å². The Morgan fingerprint density at radius 2 is 1.64 bits per heavy atom. The number of sulfonamides is 1. The zero-order valence-corrected chi connectivity index (χ0v) is 21.6. The monoisotopic (exact) mass is 533 g/mol. The quantitative estimate of drug-likeness (QED) is 0.491. The summed E-state index contributed by atoms with van der Waals surface area (Å²) in [4.78, 5) is 27.3. The normalized spacial score (nSPS) is 12.2. The molecule has 0 aliphatic carbocycles. The van der Waals surface area contributed by atoms with E-state index in [4.69, 9.17) is 34.8 Å². The van der Waals surface area contributed by atoms with Gasteiger partial charge in [0.15, 0.2) is 0 Å². The molecule has 11 heteroatoms. The second kappa shape index (κ2) is 11.9. The van der Waals surface area contributed by atoms with Crippen molar-refractivity contribution >= 4 is 62.3 Å². The Bertz CT molecular complexity index is 1090. The molecule has 33 heavy (non-hydrogen) atoms. The lowest BCUT2D eigenvalue weighted by Crippen LogP contribution is -2.51. The number of nitrogens with zero attached hydrogens (tertiary/aromatic N) is 2. The highest BCUT2D eigenvalue weighted by atomic mass is 35.5. The number of anilines is 1. The van der Waals surface area contributed by atoms with Gasteiger partial charge in [-0.2, -0.15) is 0 Å². The van der Waals surface area contributed by atoms with Crippen LogP contribution in [-0.4, -0.2) is 50.5 Å². The molecule has 0 aliphatic rings. The number of amides is 2. The molecular weight excluding hydrogens is 509 g/mol. The highest BCUT2D eigenvalue weighted by molar-refractivity contribution is 7.92. The summed E-state index contributed by atoms with van der Waals surface area (Å²) in [5.41, 5.74) is 0.852. The lowest BCUT2D eigenvalue weighted by molar-refractivity contribution is -0.139. The number of halogens is 3. The SMILES string of the molecule is CCCNC(=O)C(C)N(Cc1ccc(Cl)cc1Cl)C(=O)CN(c1ccc(Cl)cc1)S(C)(=O)=O. The predicted octanol–water partition coefficient (Wildman–Crippen LogP) is 4.36. The van der Waals surface area contributed by atoms with Crippen molar-refractivity contribution in [3.8, 4) is 0 Å². The lowest BCUT2D eigenvalue weighted by Gasteiger charge is -2.31. The molecular formula is C22H26Cl3N3O4S. The molecule has 1 atom stereocenters. The van der Waals surface area contributed by atoms with Gasteiger partial charge in [-0.05, 0) is 55.3 Å². The number of hydrogen-bond acceptors (Lipinski definition) is 4. The third-order valence-corrected chi connectivity index (χ3v) is 6.85. The van der Waals surface area contributed by atoms with Crippen molar-refractivity contribution in [2.75, 3.05) is 23.7 Å². The number of hydrogen-bond donors (Lipinski definition) is 1. The molecule has 0 saturated heterocycles. The summed E-state index contributed by atoms with van der Waals surface area (Å²) in [6.07, 6.45) is 1.74. The summed E-state index contributed by atoms with van der Waals surface area (Å²) < 4.78 is 25.9. The fourth-order valence-electron chi connectivity index (χ4n) is 3.03. The minimum atomic E-state index is -3.81. The Morgan fingerprint density at radius 3 is 2.18 bits per heavy atom. The Morgan fingerprint density at radius 1 is 1.03 bits per heavy atom. The van der Waals surface area contributed by atoms with E-state index < -0.39 is 28.5 Å². The van der Waals surface area contributed by atoms with E-state index in [9.17, 15) is 18.0 Å². The van der Waals surface area contributed by atoms with Crippen LogP contribution in [0.1, 0.15) is 25.8 Å². The Labute approximate surface area is 209 Å². The van der Waals surface area contributed by atoms with Crippen LogP contribution in [0.3, 0.4) is 0 Å². The second-order valence-corrected chi connectivity index (χ2v) is 10.7. The van der Waals surface area contributed by atoms with Crippen LogP contribution < -0.4 is 9.62 Å². The van der Waals surface area contributed by atoms with E-state index in [1.807, 2.05) is 6.92 Å². The summed E-state index contributed by atoms with van der Waals surface area (Å²) in [5.74, 6) is -0.923. The maximum Gasteiger partial charge on any atom is 0.244 e. The van der Waals surface area contributed by atoms with Crippen molar-refractivity contribution in [3.05, 3.63) is 63.1 Å². The lowest BCUT2D eigenvalue weighted by atomic mass is 10.1. The average Bonchev–Trinajstić information content (AvgIpc) is 2.74. The summed E-state index contributed by atoms with van der Waals surface area (Å²) in [6.45, 7) is 3.44. The zero-order chi connectivity index (χ0) is 24.8. The molecule has 0 heterocycles. The topological polar surface area (TPSA) is 86.8 Å². The molecule has 0 radical (unpaired) electrons. The van der Waals surface area contributed by atoms with E-state index >= 15 is 0 Å². The number of nitrogens with one attached hydrogen (secondary N) is 1. The van der Waals surface area contributed by atoms with Gasteiger partial charge in [0.1, 0.15) is 12.6 Å². The van der Waals surface area contributed by atoms with E-state index in [0.717, 1.165) is 17.0 Å². The first-order valence-electron chi connectivity index (χ1n) is 10.2.